The second-order valence-corrected chi connectivity index (χ2v) is 7.80. The van der Waals surface area contributed by atoms with E-state index in [2.05, 4.69) is 14.9 Å². The molecular formula is C17H16F2N4O4S. The average Bonchev–Trinajstić information content (AvgIpc) is 3.19. The summed E-state index contributed by atoms with van der Waals surface area (Å²) in [5.74, 6) is -2.10. The molecule has 8 nitrogen and oxygen atoms in total. The van der Waals surface area contributed by atoms with Crippen LogP contribution in [0.1, 0.15) is 16.1 Å². The van der Waals surface area contributed by atoms with Crippen molar-refractivity contribution in [3.8, 4) is 11.5 Å². The molecule has 28 heavy (non-hydrogen) atoms. The number of aromatic nitrogens is 2. The molecule has 0 spiro atoms. The SMILES string of the molecule is Cc1oc(-c2[nH]ncc2C(=O)N(C)C)cc1S(=O)(=O)Nc1cc(F)cc(F)c1. The third kappa shape index (κ3) is 3.74. The maximum atomic E-state index is 13.3. The molecular weight excluding hydrogens is 394 g/mol. The molecule has 0 saturated carbocycles. The number of nitrogens with zero attached hydrogens (tertiary/aromatic N) is 2. The van der Waals surface area contributed by atoms with Gasteiger partial charge in [-0.3, -0.25) is 14.6 Å². The Morgan fingerprint density at radius 2 is 1.82 bits per heavy atom. The number of halogens is 2. The number of furan rings is 1. The van der Waals surface area contributed by atoms with E-state index in [-0.39, 0.29) is 39.3 Å². The second kappa shape index (κ2) is 7.08. The van der Waals surface area contributed by atoms with Crippen molar-refractivity contribution in [2.75, 3.05) is 18.8 Å². The van der Waals surface area contributed by atoms with E-state index in [4.69, 9.17) is 4.42 Å². The van der Waals surface area contributed by atoms with Crippen LogP contribution in [0.5, 0.6) is 0 Å². The van der Waals surface area contributed by atoms with E-state index in [9.17, 15) is 22.0 Å². The van der Waals surface area contributed by atoms with E-state index < -0.39 is 21.7 Å². The maximum absolute atomic E-state index is 13.3. The maximum Gasteiger partial charge on any atom is 0.265 e. The Kier molecular flexibility index (Phi) is 4.94. The molecule has 0 atom stereocenters. The van der Waals surface area contributed by atoms with Crippen LogP contribution in [0.25, 0.3) is 11.5 Å². The van der Waals surface area contributed by atoms with Gasteiger partial charge in [-0.2, -0.15) is 5.10 Å². The van der Waals surface area contributed by atoms with Gasteiger partial charge in [-0.1, -0.05) is 0 Å². The van der Waals surface area contributed by atoms with Crippen molar-refractivity contribution in [3.63, 3.8) is 0 Å². The van der Waals surface area contributed by atoms with Gasteiger partial charge in [0.05, 0.1) is 17.4 Å². The van der Waals surface area contributed by atoms with E-state index in [1.165, 1.54) is 24.1 Å². The molecule has 1 aromatic carbocycles. The molecule has 1 amide bonds. The fraction of sp³-hybridized carbons (Fsp3) is 0.176. The number of carbonyl (C=O) groups is 1. The predicted molar refractivity (Wildman–Crippen MR) is 96.2 cm³/mol. The predicted octanol–water partition coefficient (Wildman–Crippen LogP) is 2.76. The number of benzene rings is 1. The molecule has 3 aromatic rings. The highest BCUT2D eigenvalue weighted by Crippen LogP contribution is 2.30. The van der Waals surface area contributed by atoms with Gasteiger partial charge in [-0.25, -0.2) is 17.2 Å². The van der Waals surface area contributed by atoms with Crippen molar-refractivity contribution < 1.29 is 26.4 Å². The standard InChI is InChI=1S/C17H16F2N4O4S/c1-9-15(28(25,26)22-12-5-10(18)4-11(19)6-12)7-14(27-9)16-13(8-20-21-16)17(24)23(2)3/h4-8,22H,1-3H3,(H,20,21). The van der Waals surface area contributed by atoms with Gasteiger partial charge >= 0.3 is 0 Å². The number of anilines is 1. The lowest BCUT2D eigenvalue weighted by Gasteiger charge is -2.09. The number of nitrogens with one attached hydrogen (secondary N) is 2. The normalized spacial score (nSPS) is 11.5. The first-order valence-electron chi connectivity index (χ1n) is 7.93. The number of rotatable bonds is 5. The zero-order valence-corrected chi connectivity index (χ0v) is 15.9. The summed E-state index contributed by atoms with van der Waals surface area (Å²) in [4.78, 5) is 13.3. The monoisotopic (exact) mass is 410 g/mol. The quantitative estimate of drug-likeness (QED) is 0.672. The van der Waals surface area contributed by atoms with Gasteiger partial charge in [-0.15, -0.1) is 0 Å². The zero-order valence-electron chi connectivity index (χ0n) is 15.1. The number of aryl methyl sites for hydroxylation is 1. The van der Waals surface area contributed by atoms with Crippen LogP contribution in [0, 0.1) is 18.6 Å². The summed E-state index contributed by atoms with van der Waals surface area (Å²) in [5, 5.41) is 6.42. The summed E-state index contributed by atoms with van der Waals surface area (Å²) in [6.07, 6.45) is 1.30. The first-order chi connectivity index (χ1) is 13.1. The number of sulfonamides is 1. The Morgan fingerprint density at radius 3 is 2.43 bits per heavy atom. The summed E-state index contributed by atoms with van der Waals surface area (Å²) >= 11 is 0. The molecule has 0 radical (unpaired) electrons. The third-order valence-corrected chi connectivity index (χ3v) is 5.29. The molecule has 0 aliphatic carbocycles. The number of aromatic amines is 1. The lowest BCUT2D eigenvalue weighted by molar-refractivity contribution is 0.0828. The Hall–Kier alpha value is -3.21. The highest BCUT2D eigenvalue weighted by Gasteiger charge is 2.26. The molecule has 0 unspecified atom stereocenters. The second-order valence-electron chi connectivity index (χ2n) is 6.15. The molecule has 2 N–H and O–H groups in total. The van der Waals surface area contributed by atoms with Gasteiger partial charge in [-0.05, 0) is 19.1 Å². The minimum atomic E-state index is -4.20. The fourth-order valence-electron chi connectivity index (χ4n) is 2.56. The minimum Gasteiger partial charge on any atom is -0.458 e. The first-order valence-corrected chi connectivity index (χ1v) is 9.41. The number of amides is 1. The molecule has 2 aromatic heterocycles. The number of hydrogen-bond donors (Lipinski definition) is 2. The summed E-state index contributed by atoms with van der Waals surface area (Å²) in [7, 11) is -1.08. The lowest BCUT2D eigenvalue weighted by atomic mass is 10.2. The Morgan fingerprint density at radius 1 is 1.18 bits per heavy atom. The number of H-pyrrole nitrogens is 1. The van der Waals surface area contributed by atoms with Crippen molar-refractivity contribution in [1.29, 1.82) is 0 Å². The van der Waals surface area contributed by atoms with E-state index >= 15 is 0 Å². The van der Waals surface area contributed by atoms with Gasteiger partial charge in [0, 0.05) is 26.2 Å². The highest BCUT2D eigenvalue weighted by atomic mass is 32.2. The van der Waals surface area contributed by atoms with Gasteiger partial charge < -0.3 is 9.32 Å². The largest absolute Gasteiger partial charge is 0.458 e. The number of hydrogen-bond acceptors (Lipinski definition) is 5. The average molecular weight is 410 g/mol. The van der Waals surface area contributed by atoms with Crippen LogP contribution in [0.2, 0.25) is 0 Å². The zero-order chi connectivity index (χ0) is 20.6. The molecule has 3 rings (SSSR count). The van der Waals surface area contributed by atoms with Crippen LogP contribution < -0.4 is 4.72 Å². The molecule has 148 valence electrons. The van der Waals surface area contributed by atoms with Crippen molar-refractivity contribution in [3.05, 3.63) is 53.4 Å². The van der Waals surface area contributed by atoms with E-state index in [0.717, 1.165) is 12.1 Å². The topological polar surface area (TPSA) is 108 Å². The van der Waals surface area contributed by atoms with Crippen molar-refractivity contribution in [1.82, 2.24) is 15.1 Å². The Labute approximate surface area is 159 Å². The van der Waals surface area contributed by atoms with Crippen LogP contribution in [0.3, 0.4) is 0 Å². The van der Waals surface area contributed by atoms with Crippen LogP contribution in [0.15, 0.2) is 39.8 Å². The van der Waals surface area contributed by atoms with Crippen molar-refractivity contribution in [2.45, 2.75) is 11.8 Å². The summed E-state index contributed by atoms with van der Waals surface area (Å²) in [6, 6.07) is 3.52. The minimum absolute atomic E-state index is 0.0252. The smallest absolute Gasteiger partial charge is 0.265 e. The third-order valence-electron chi connectivity index (χ3n) is 3.80. The Bertz CT molecular complexity index is 1130. The molecule has 0 aliphatic rings. The van der Waals surface area contributed by atoms with Crippen LogP contribution in [-0.4, -0.2) is 43.5 Å². The Balaban J connectivity index is 1.98. The fourth-order valence-corrected chi connectivity index (χ4v) is 3.78. The van der Waals surface area contributed by atoms with Gasteiger partial charge in [0.2, 0.25) is 0 Å². The summed E-state index contributed by atoms with van der Waals surface area (Å²) in [5.41, 5.74) is 0.132. The highest BCUT2D eigenvalue weighted by molar-refractivity contribution is 7.92. The molecule has 0 bridgehead atoms. The molecule has 2 heterocycles. The van der Waals surface area contributed by atoms with Crippen molar-refractivity contribution in [2.24, 2.45) is 0 Å². The van der Waals surface area contributed by atoms with E-state index in [1.54, 1.807) is 14.1 Å². The summed E-state index contributed by atoms with van der Waals surface area (Å²) < 4.78 is 59.5. The lowest BCUT2D eigenvalue weighted by Crippen LogP contribution is -2.21. The van der Waals surface area contributed by atoms with E-state index in [1.807, 2.05) is 0 Å². The summed E-state index contributed by atoms with van der Waals surface area (Å²) in [6.45, 7) is 1.41. The van der Waals surface area contributed by atoms with Crippen LogP contribution in [0.4, 0.5) is 14.5 Å². The van der Waals surface area contributed by atoms with Gasteiger partial charge in [0.15, 0.2) is 5.76 Å². The van der Waals surface area contributed by atoms with Crippen molar-refractivity contribution >= 4 is 21.6 Å². The number of carbonyl (C=O) groups excluding carboxylic acids is 1. The van der Waals surface area contributed by atoms with Gasteiger partial charge in [0.1, 0.15) is 28.0 Å². The van der Waals surface area contributed by atoms with Crippen LogP contribution in [-0.2, 0) is 10.0 Å². The van der Waals surface area contributed by atoms with Crippen LogP contribution >= 0.6 is 0 Å². The molecule has 0 fully saturated rings. The van der Waals surface area contributed by atoms with E-state index in [0.29, 0.717) is 6.07 Å². The molecule has 11 heteroatoms. The first kappa shape index (κ1) is 19.5. The molecule has 0 aliphatic heterocycles. The van der Waals surface area contributed by atoms with Gasteiger partial charge in [0.25, 0.3) is 15.9 Å². The molecule has 0 saturated heterocycles.